The second kappa shape index (κ2) is 7.24. The highest BCUT2D eigenvalue weighted by Gasteiger charge is 2.11. The Labute approximate surface area is 146 Å². The average Bonchev–Trinajstić information content (AvgIpc) is 3.24. The zero-order valence-corrected chi connectivity index (χ0v) is 14.1. The fourth-order valence-corrected chi connectivity index (χ4v) is 3.53. The molecular weight excluding hydrogens is 344 g/mol. The van der Waals surface area contributed by atoms with Crippen molar-refractivity contribution in [1.29, 1.82) is 0 Å². The van der Waals surface area contributed by atoms with Gasteiger partial charge in [-0.05, 0) is 29.1 Å². The monoisotopic (exact) mass is 358 g/mol. The molecule has 3 aromatic rings. The van der Waals surface area contributed by atoms with Crippen LogP contribution in [0.1, 0.15) is 16.1 Å². The summed E-state index contributed by atoms with van der Waals surface area (Å²) in [5, 5.41) is 11.9. The minimum Gasteiger partial charge on any atom is -0.351 e. The summed E-state index contributed by atoms with van der Waals surface area (Å²) in [4.78, 5) is 27.3. The van der Waals surface area contributed by atoms with E-state index in [4.69, 9.17) is 5.73 Å². The van der Waals surface area contributed by atoms with Gasteiger partial charge >= 0.3 is 6.03 Å². The van der Waals surface area contributed by atoms with Crippen LogP contribution in [-0.2, 0) is 6.54 Å². The molecule has 3 rings (SSSR count). The van der Waals surface area contributed by atoms with Gasteiger partial charge in [-0.3, -0.25) is 4.79 Å². The standard InChI is InChI=1S/C16H14N4O2S2/c17-16(22)19-12-3-1-10(2-4-12)7-18-14(21)13-9-24-15(20-13)11-5-6-23-8-11/h1-6,8-9H,7H2,(H,18,21)(H3,17,19,22). The lowest BCUT2D eigenvalue weighted by Gasteiger charge is -2.05. The molecule has 1 aromatic carbocycles. The zero-order valence-electron chi connectivity index (χ0n) is 12.5. The van der Waals surface area contributed by atoms with Crippen molar-refractivity contribution >= 4 is 40.3 Å². The van der Waals surface area contributed by atoms with Crippen molar-refractivity contribution in [3.8, 4) is 10.6 Å². The normalized spacial score (nSPS) is 10.3. The van der Waals surface area contributed by atoms with Crippen LogP contribution in [0.2, 0.25) is 0 Å². The number of rotatable bonds is 5. The number of carbonyl (C=O) groups is 2. The van der Waals surface area contributed by atoms with E-state index in [1.165, 1.54) is 11.3 Å². The number of carbonyl (C=O) groups excluding carboxylic acids is 2. The van der Waals surface area contributed by atoms with Gasteiger partial charge < -0.3 is 16.4 Å². The van der Waals surface area contributed by atoms with E-state index in [9.17, 15) is 9.59 Å². The summed E-state index contributed by atoms with van der Waals surface area (Å²) < 4.78 is 0. The lowest BCUT2D eigenvalue weighted by Crippen LogP contribution is -2.23. The van der Waals surface area contributed by atoms with E-state index < -0.39 is 6.03 Å². The van der Waals surface area contributed by atoms with Crippen molar-refractivity contribution in [2.45, 2.75) is 6.54 Å². The van der Waals surface area contributed by atoms with Crippen LogP contribution in [0, 0.1) is 0 Å². The van der Waals surface area contributed by atoms with Crippen molar-refractivity contribution in [2.75, 3.05) is 5.32 Å². The quantitative estimate of drug-likeness (QED) is 0.653. The molecule has 0 saturated carbocycles. The minimum atomic E-state index is -0.610. The van der Waals surface area contributed by atoms with Crippen molar-refractivity contribution in [1.82, 2.24) is 10.3 Å². The molecule has 0 aliphatic rings. The molecule has 4 N–H and O–H groups in total. The summed E-state index contributed by atoms with van der Waals surface area (Å²) in [6, 6.07) is 8.44. The van der Waals surface area contributed by atoms with Crippen molar-refractivity contribution in [3.05, 3.63) is 57.7 Å². The van der Waals surface area contributed by atoms with E-state index in [0.717, 1.165) is 16.1 Å². The maximum atomic E-state index is 12.2. The Balaban J connectivity index is 1.58. The van der Waals surface area contributed by atoms with Crippen molar-refractivity contribution in [2.24, 2.45) is 5.73 Å². The first-order valence-electron chi connectivity index (χ1n) is 7.03. The average molecular weight is 358 g/mol. The smallest absolute Gasteiger partial charge is 0.316 e. The summed E-state index contributed by atoms with van der Waals surface area (Å²) in [7, 11) is 0. The van der Waals surface area contributed by atoms with E-state index in [0.29, 0.717) is 17.9 Å². The molecule has 2 heterocycles. The molecule has 8 heteroatoms. The molecule has 0 aliphatic carbocycles. The second-order valence-electron chi connectivity index (χ2n) is 4.92. The number of nitrogens with zero attached hydrogens (tertiary/aromatic N) is 1. The Morgan fingerprint density at radius 1 is 1.12 bits per heavy atom. The Morgan fingerprint density at radius 3 is 2.58 bits per heavy atom. The first kappa shape index (κ1) is 16.2. The van der Waals surface area contributed by atoms with Crippen LogP contribution in [-0.4, -0.2) is 16.9 Å². The Morgan fingerprint density at radius 2 is 1.92 bits per heavy atom. The number of thiophene rings is 1. The van der Waals surface area contributed by atoms with Gasteiger partial charge in [0, 0.05) is 28.6 Å². The summed E-state index contributed by atoms with van der Waals surface area (Å²) in [6.45, 7) is 0.376. The molecule has 0 unspecified atom stereocenters. The van der Waals surface area contributed by atoms with Gasteiger partial charge in [-0.15, -0.1) is 11.3 Å². The zero-order chi connectivity index (χ0) is 16.9. The molecule has 0 fully saturated rings. The number of anilines is 1. The summed E-state index contributed by atoms with van der Waals surface area (Å²) in [6.07, 6.45) is 0. The minimum absolute atomic E-state index is 0.216. The van der Waals surface area contributed by atoms with Gasteiger partial charge in [0.25, 0.3) is 5.91 Å². The number of benzene rings is 1. The molecular formula is C16H14N4O2S2. The third-order valence-corrected chi connectivity index (χ3v) is 4.75. The lowest BCUT2D eigenvalue weighted by atomic mass is 10.2. The van der Waals surface area contributed by atoms with Gasteiger partial charge in [-0.2, -0.15) is 11.3 Å². The number of urea groups is 1. The molecule has 0 aliphatic heterocycles. The number of nitrogens with two attached hydrogens (primary N) is 1. The number of nitrogens with one attached hydrogen (secondary N) is 2. The van der Waals surface area contributed by atoms with Gasteiger partial charge in [0.1, 0.15) is 10.7 Å². The van der Waals surface area contributed by atoms with Gasteiger partial charge in [0.05, 0.1) is 0 Å². The highest BCUT2D eigenvalue weighted by molar-refractivity contribution is 7.14. The molecule has 0 radical (unpaired) electrons. The maximum absolute atomic E-state index is 12.2. The van der Waals surface area contributed by atoms with Gasteiger partial charge in [-0.25, -0.2) is 9.78 Å². The molecule has 2 aromatic heterocycles. The van der Waals surface area contributed by atoms with Crippen LogP contribution in [0.15, 0.2) is 46.5 Å². The summed E-state index contributed by atoms with van der Waals surface area (Å²) in [5.74, 6) is -0.216. The maximum Gasteiger partial charge on any atom is 0.316 e. The SMILES string of the molecule is NC(=O)Nc1ccc(CNC(=O)c2csc(-c3ccsc3)n2)cc1. The van der Waals surface area contributed by atoms with Gasteiger partial charge in [0.2, 0.25) is 0 Å². The van der Waals surface area contributed by atoms with Crippen LogP contribution < -0.4 is 16.4 Å². The third-order valence-electron chi connectivity index (χ3n) is 3.18. The predicted molar refractivity (Wildman–Crippen MR) is 96.2 cm³/mol. The van der Waals surface area contributed by atoms with Gasteiger partial charge in [-0.1, -0.05) is 12.1 Å². The second-order valence-corrected chi connectivity index (χ2v) is 6.56. The molecule has 122 valence electrons. The fraction of sp³-hybridized carbons (Fsp3) is 0.0625. The van der Waals surface area contributed by atoms with E-state index in [1.54, 1.807) is 28.8 Å². The van der Waals surface area contributed by atoms with Crippen molar-refractivity contribution < 1.29 is 9.59 Å². The van der Waals surface area contributed by atoms with E-state index >= 15 is 0 Å². The Bertz CT molecular complexity index is 841. The molecule has 6 nitrogen and oxygen atoms in total. The van der Waals surface area contributed by atoms with E-state index in [1.807, 2.05) is 29.0 Å². The molecule has 0 saturated heterocycles. The number of primary amides is 1. The summed E-state index contributed by atoms with van der Waals surface area (Å²) >= 11 is 3.04. The largest absolute Gasteiger partial charge is 0.351 e. The molecule has 24 heavy (non-hydrogen) atoms. The van der Waals surface area contributed by atoms with Crippen LogP contribution >= 0.6 is 22.7 Å². The van der Waals surface area contributed by atoms with Crippen LogP contribution in [0.5, 0.6) is 0 Å². The van der Waals surface area contributed by atoms with E-state index in [-0.39, 0.29) is 5.91 Å². The molecule has 0 atom stereocenters. The Hall–Kier alpha value is -2.71. The molecule has 0 bridgehead atoms. The van der Waals surface area contributed by atoms with Crippen LogP contribution in [0.4, 0.5) is 10.5 Å². The lowest BCUT2D eigenvalue weighted by molar-refractivity contribution is 0.0946. The highest BCUT2D eigenvalue weighted by atomic mass is 32.1. The topological polar surface area (TPSA) is 97.1 Å². The van der Waals surface area contributed by atoms with Crippen LogP contribution in [0.25, 0.3) is 10.6 Å². The summed E-state index contributed by atoms with van der Waals surface area (Å²) in [5.41, 5.74) is 8.01. The molecule has 3 amide bonds. The first-order chi connectivity index (χ1) is 11.6. The highest BCUT2D eigenvalue weighted by Crippen LogP contribution is 2.25. The Kier molecular flexibility index (Phi) is 4.88. The number of hydrogen-bond acceptors (Lipinski definition) is 5. The van der Waals surface area contributed by atoms with E-state index in [2.05, 4.69) is 15.6 Å². The molecule has 0 spiro atoms. The van der Waals surface area contributed by atoms with Gasteiger partial charge in [0.15, 0.2) is 0 Å². The third kappa shape index (κ3) is 3.98. The predicted octanol–water partition coefficient (Wildman–Crippen LogP) is 3.29. The van der Waals surface area contributed by atoms with Crippen molar-refractivity contribution in [3.63, 3.8) is 0 Å². The number of amides is 3. The number of hydrogen-bond donors (Lipinski definition) is 3. The number of aromatic nitrogens is 1. The van der Waals surface area contributed by atoms with Crippen LogP contribution in [0.3, 0.4) is 0 Å². The number of thiazole rings is 1. The first-order valence-corrected chi connectivity index (χ1v) is 8.86. The fourth-order valence-electron chi connectivity index (χ4n) is 2.02.